The van der Waals surface area contributed by atoms with Gasteiger partial charge in [-0.05, 0) is 19.8 Å². The maximum absolute atomic E-state index is 12.5. The first-order valence-corrected chi connectivity index (χ1v) is 9.02. The third kappa shape index (κ3) is 3.95. The minimum absolute atomic E-state index is 0.180. The van der Waals surface area contributed by atoms with Crippen molar-refractivity contribution in [1.82, 2.24) is 10.1 Å². The number of ether oxygens (including phenoxy) is 1. The summed E-state index contributed by atoms with van der Waals surface area (Å²) in [4.78, 5) is 26.6. The van der Waals surface area contributed by atoms with Gasteiger partial charge in [0.1, 0.15) is 17.0 Å². The molecule has 1 saturated carbocycles. The van der Waals surface area contributed by atoms with Gasteiger partial charge < -0.3 is 14.2 Å². The van der Waals surface area contributed by atoms with Crippen LogP contribution in [0.4, 0.5) is 0 Å². The lowest BCUT2D eigenvalue weighted by atomic mass is 9.94. The summed E-state index contributed by atoms with van der Waals surface area (Å²) in [5.74, 6) is -0.393. The molecule has 2 aromatic rings. The Morgan fingerprint density at radius 2 is 1.88 bits per heavy atom. The molecule has 0 N–H and O–H groups in total. The molecule has 138 valence electrons. The molecule has 6 heteroatoms. The molecule has 1 fully saturated rings. The number of esters is 1. The summed E-state index contributed by atoms with van der Waals surface area (Å²) in [5, 5.41) is 3.97. The zero-order valence-corrected chi connectivity index (χ0v) is 15.2. The number of carbonyl (C=O) groups excluding carboxylic acids is 2. The molecule has 0 spiro atoms. The summed E-state index contributed by atoms with van der Waals surface area (Å²) in [6.45, 7) is 1.39. The summed E-state index contributed by atoms with van der Waals surface area (Å²) >= 11 is 0. The Balaban J connectivity index is 1.65. The van der Waals surface area contributed by atoms with E-state index in [9.17, 15) is 9.59 Å². The molecule has 0 bridgehead atoms. The van der Waals surface area contributed by atoms with Crippen LogP contribution in [0, 0.1) is 6.92 Å². The average molecular weight is 356 g/mol. The molecule has 1 heterocycles. The molecule has 0 atom stereocenters. The van der Waals surface area contributed by atoms with Crippen LogP contribution in [0.3, 0.4) is 0 Å². The van der Waals surface area contributed by atoms with Gasteiger partial charge in [0, 0.05) is 18.7 Å². The predicted molar refractivity (Wildman–Crippen MR) is 96.6 cm³/mol. The van der Waals surface area contributed by atoms with Crippen LogP contribution in [-0.4, -0.2) is 41.6 Å². The van der Waals surface area contributed by atoms with E-state index in [0.29, 0.717) is 11.5 Å². The smallest absolute Gasteiger partial charge is 0.344 e. The van der Waals surface area contributed by atoms with Gasteiger partial charge >= 0.3 is 5.97 Å². The van der Waals surface area contributed by atoms with Crippen molar-refractivity contribution >= 4 is 11.9 Å². The second kappa shape index (κ2) is 8.17. The van der Waals surface area contributed by atoms with Crippen LogP contribution in [0.1, 0.15) is 48.2 Å². The third-order valence-electron chi connectivity index (χ3n) is 4.96. The highest BCUT2D eigenvalue weighted by Crippen LogP contribution is 2.26. The Kier molecular flexibility index (Phi) is 5.71. The number of likely N-dealkylation sites (N-methyl/N-ethyl adjacent to an activating group) is 1. The SMILES string of the molecule is Cc1onc(-c2ccccc2)c1C(=O)OCC(=O)N(C)C1CCCCC1. The van der Waals surface area contributed by atoms with Gasteiger partial charge in [-0.2, -0.15) is 0 Å². The van der Waals surface area contributed by atoms with Crippen LogP contribution in [0.25, 0.3) is 11.3 Å². The molecule has 0 saturated heterocycles. The number of hydrogen-bond donors (Lipinski definition) is 0. The molecule has 0 unspecified atom stereocenters. The Hall–Kier alpha value is -2.63. The third-order valence-corrected chi connectivity index (χ3v) is 4.96. The molecule has 1 aliphatic rings. The highest BCUT2D eigenvalue weighted by Gasteiger charge is 2.26. The summed E-state index contributed by atoms with van der Waals surface area (Å²) in [6, 6.07) is 9.53. The number of aromatic nitrogens is 1. The van der Waals surface area contributed by atoms with Gasteiger partial charge in [-0.1, -0.05) is 54.8 Å². The maximum atomic E-state index is 12.5. The summed E-state index contributed by atoms with van der Waals surface area (Å²) in [6.07, 6.45) is 5.53. The van der Waals surface area contributed by atoms with E-state index in [2.05, 4.69) is 5.16 Å². The lowest BCUT2D eigenvalue weighted by Crippen LogP contribution is -2.40. The van der Waals surface area contributed by atoms with E-state index in [1.807, 2.05) is 30.3 Å². The standard InChI is InChI=1S/C20H24N2O4/c1-14-18(19(21-26-14)15-9-5-3-6-10-15)20(24)25-13-17(23)22(2)16-11-7-4-8-12-16/h3,5-6,9-10,16H,4,7-8,11-13H2,1-2H3. The van der Waals surface area contributed by atoms with Crippen molar-refractivity contribution in [1.29, 1.82) is 0 Å². The fourth-order valence-corrected chi connectivity index (χ4v) is 3.38. The number of benzene rings is 1. The number of nitrogens with zero attached hydrogens (tertiary/aromatic N) is 2. The van der Waals surface area contributed by atoms with Crippen molar-refractivity contribution in [2.75, 3.05) is 13.7 Å². The van der Waals surface area contributed by atoms with Crippen LogP contribution < -0.4 is 0 Å². The number of aryl methyl sites for hydroxylation is 1. The maximum Gasteiger partial charge on any atom is 0.344 e. The monoisotopic (exact) mass is 356 g/mol. The van der Waals surface area contributed by atoms with E-state index in [1.165, 1.54) is 6.42 Å². The Bertz CT molecular complexity index is 763. The van der Waals surface area contributed by atoms with Crippen molar-refractivity contribution in [3.8, 4) is 11.3 Å². The fraction of sp³-hybridized carbons (Fsp3) is 0.450. The van der Waals surface area contributed by atoms with Gasteiger partial charge in [0.05, 0.1) is 0 Å². The largest absolute Gasteiger partial charge is 0.452 e. The molecule has 6 nitrogen and oxygen atoms in total. The van der Waals surface area contributed by atoms with Crippen molar-refractivity contribution in [2.45, 2.75) is 45.1 Å². The van der Waals surface area contributed by atoms with Gasteiger partial charge in [0.2, 0.25) is 0 Å². The molecule has 26 heavy (non-hydrogen) atoms. The molecular weight excluding hydrogens is 332 g/mol. The van der Waals surface area contributed by atoms with E-state index in [4.69, 9.17) is 9.26 Å². The van der Waals surface area contributed by atoms with E-state index in [0.717, 1.165) is 31.2 Å². The van der Waals surface area contributed by atoms with Crippen molar-refractivity contribution in [3.63, 3.8) is 0 Å². The van der Waals surface area contributed by atoms with E-state index in [1.54, 1.807) is 18.9 Å². The first-order valence-electron chi connectivity index (χ1n) is 9.02. The van der Waals surface area contributed by atoms with Gasteiger partial charge in [-0.3, -0.25) is 4.79 Å². The van der Waals surface area contributed by atoms with Crippen molar-refractivity contribution < 1.29 is 18.8 Å². The molecular formula is C20H24N2O4. The van der Waals surface area contributed by atoms with Gasteiger partial charge in [0.25, 0.3) is 5.91 Å². The van der Waals surface area contributed by atoms with E-state index in [-0.39, 0.29) is 24.1 Å². The first kappa shape index (κ1) is 18.2. The molecule has 3 rings (SSSR count). The van der Waals surface area contributed by atoms with E-state index >= 15 is 0 Å². The van der Waals surface area contributed by atoms with Crippen molar-refractivity contribution in [2.24, 2.45) is 0 Å². The summed E-state index contributed by atoms with van der Waals surface area (Å²) in [5.41, 5.74) is 1.47. The first-order chi connectivity index (χ1) is 12.6. The Labute approximate surface area is 153 Å². The van der Waals surface area contributed by atoms with Crippen LogP contribution in [-0.2, 0) is 9.53 Å². The number of hydrogen-bond acceptors (Lipinski definition) is 5. The zero-order chi connectivity index (χ0) is 18.5. The molecule has 0 aliphatic heterocycles. The Morgan fingerprint density at radius 3 is 2.58 bits per heavy atom. The highest BCUT2D eigenvalue weighted by molar-refractivity contribution is 5.98. The zero-order valence-electron chi connectivity index (χ0n) is 15.2. The van der Waals surface area contributed by atoms with Gasteiger partial charge in [-0.15, -0.1) is 0 Å². The summed E-state index contributed by atoms with van der Waals surface area (Å²) in [7, 11) is 1.78. The fourth-order valence-electron chi connectivity index (χ4n) is 3.38. The molecule has 1 aliphatic carbocycles. The van der Waals surface area contributed by atoms with Crippen LogP contribution in [0.15, 0.2) is 34.9 Å². The molecule has 1 aromatic heterocycles. The minimum atomic E-state index is -0.590. The molecule has 0 radical (unpaired) electrons. The predicted octanol–water partition coefficient (Wildman–Crippen LogP) is 3.60. The minimum Gasteiger partial charge on any atom is -0.452 e. The second-order valence-electron chi connectivity index (χ2n) is 6.70. The topological polar surface area (TPSA) is 72.6 Å². The number of carbonyl (C=O) groups is 2. The van der Waals surface area contributed by atoms with Crippen LogP contribution in [0.2, 0.25) is 0 Å². The van der Waals surface area contributed by atoms with Gasteiger partial charge in [0.15, 0.2) is 6.61 Å². The quantitative estimate of drug-likeness (QED) is 0.766. The van der Waals surface area contributed by atoms with Crippen LogP contribution >= 0.6 is 0 Å². The van der Waals surface area contributed by atoms with E-state index < -0.39 is 5.97 Å². The second-order valence-corrected chi connectivity index (χ2v) is 6.70. The molecule has 1 amide bonds. The van der Waals surface area contributed by atoms with Gasteiger partial charge in [-0.25, -0.2) is 4.79 Å². The average Bonchev–Trinajstić information content (AvgIpc) is 3.08. The van der Waals surface area contributed by atoms with Crippen LogP contribution in [0.5, 0.6) is 0 Å². The number of amides is 1. The van der Waals surface area contributed by atoms with Crippen molar-refractivity contribution in [3.05, 3.63) is 41.7 Å². The molecule has 1 aromatic carbocycles. The Morgan fingerprint density at radius 1 is 1.19 bits per heavy atom. The summed E-state index contributed by atoms with van der Waals surface area (Å²) < 4.78 is 10.4. The lowest BCUT2D eigenvalue weighted by Gasteiger charge is -2.31. The highest BCUT2D eigenvalue weighted by atomic mass is 16.5. The lowest BCUT2D eigenvalue weighted by molar-refractivity contribution is -0.135. The number of rotatable bonds is 5. The normalized spacial score (nSPS) is 14.8.